The Balaban J connectivity index is 2.18. The van der Waals surface area contributed by atoms with Gasteiger partial charge in [0.1, 0.15) is 6.07 Å². The first kappa shape index (κ1) is 12.2. The quantitative estimate of drug-likeness (QED) is 0.917. The summed E-state index contributed by atoms with van der Waals surface area (Å²) in [6, 6.07) is 10.0. The minimum Gasteiger partial charge on any atom is -0.379 e. The number of nitriles is 1. The molecule has 0 saturated heterocycles. The van der Waals surface area contributed by atoms with Crippen LogP contribution in [0.5, 0.6) is 0 Å². The molecule has 17 heavy (non-hydrogen) atoms. The second kappa shape index (κ2) is 5.35. The van der Waals surface area contributed by atoms with E-state index in [2.05, 4.69) is 45.7 Å². The molecule has 1 N–H and O–H groups in total. The fourth-order valence-corrected chi connectivity index (χ4v) is 2.85. The van der Waals surface area contributed by atoms with Crippen molar-refractivity contribution in [1.29, 1.82) is 5.26 Å². The van der Waals surface area contributed by atoms with Crippen LogP contribution in [0.15, 0.2) is 34.1 Å². The summed E-state index contributed by atoms with van der Waals surface area (Å²) in [7, 11) is 0. The molecular formula is C13H11BrN2S. The molecule has 0 saturated carbocycles. The van der Waals surface area contributed by atoms with Crippen LogP contribution >= 0.6 is 27.3 Å². The lowest BCUT2D eigenvalue weighted by Gasteiger charge is -2.08. The Kier molecular flexibility index (Phi) is 3.82. The molecule has 2 aromatic rings. The number of hydrogen-bond acceptors (Lipinski definition) is 3. The van der Waals surface area contributed by atoms with Gasteiger partial charge in [-0.1, -0.05) is 6.07 Å². The topological polar surface area (TPSA) is 35.8 Å². The van der Waals surface area contributed by atoms with E-state index in [0.717, 1.165) is 16.7 Å². The molecule has 4 heteroatoms. The maximum atomic E-state index is 9.09. The number of nitrogens with zero attached hydrogens (tertiary/aromatic N) is 1. The molecule has 0 unspecified atom stereocenters. The first-order chi connectivity index (χ1) is 8.22. The van der Waals surface area contributed by atoms with Gasteiger partial charge in [0.05, 0.1) is 11.3 Å². The summed E-state index contributed by atoms with van der Waals surface area (Å²) < 4.78 is 0.827. The van der Waals surface area contributed by atoms with E-state index in [4.69, 9.17) is 5.26 Å². The third-order valence-corrected chi connectivity index (χ3v) is 4.22. The SMILES string of the molecule is Cc1ccsc1CNc1cccc(Br)c1C#N. The van der Waals surface area contributed by atoms with E-state index in [9.17, 15) is 0 Å². The highest BCUT2D eigenvalue weighted by Crippen LogP contribution is 2.25. The van der Waals surface area contributed by atoms with Crippen LogP contribution in [0.4, 0.5) is 5.69 Å². The number of anilines is 1. The van der Waals surface area contributed by atoms with Gasteiger partial charge in [-0.05, 0) is 52.0 Å². The van der Waals surface area contributed by atoms with Crippen LogP contribution in [0.25, 0.3) is 0 Å². The molecule has 0 spiro atoms. The van der Waals surface area contributed by atoms with Crippen molar-refractivity contribution in [2.75, 3.05) is 5.32 Å². The lowest BCUT2D eigenvalue weighted by atomic mass is 10.2. The normalized spacial score (nSPS) is 9.94. The number of benzene rings is 1. The molecule has 0 aliphatic rings. The molecule has 0 amide bonds. The molecule has 2 rings (SSSR count). The number of nitrogens with one attached hydrogen (secondary N) is 1. The largest absolute Gasteiger partial charge is 0.379 e. The van der Waals surface area contributed by atoms with Crippen molar-refractivity contribution >= 4 is 33.0 Å². The van der Waals surface area contributed by atoms with Gasteiger partial charge in [0.2, 0.25) is 0 Å². The predicted octanol–water partition coefficient (Wildman–Crippen LogP) is 4.30. The Morgan fingerprint density at radius 2 is 2.24 bits per heavy atom. The zero-order valence-electron chi connectivity index (χ0n) is 9.33. The van der Waals surface area contributed by atoms with E-state index in [1.165, 1.54) is 10.4 Å². The van der Waals surface area contributed by atoms with Gasteiger partial charge in [-0.25, -0.2) is 0 Å². The summed E-state index contributed by atoms with van der Waals surface area (Å²) in [6.45, 7) is 2.86. The molecule has 1 heterocycles. The lowest BCUT2D eigenvalue weighted by Crippen LogP contribution is -2.01. The van der Waals surface area contributed by atoms with Crippen molar-refractivity contribution < 1.29 is 0 Å². The highest BCUT2D eigenvalue weighted by atomic mass is 79.9. The Bertz CT molecular complexity index is 569. The van der Waals surface area contributed by atoms with Crippen molar-refractivity contribution in [2.45, 2.75) is 13.5 Å². The molecule has 2 nitrogen and oxygen atoms in total. The second-order valence-electron chi connectivity index (χ2n) is 3.65. The fourth-order valence-electron chi connectivity index (χ4n) is 1.55. The standard InChI is InChI=1S/C13H11BrN2S/c1-9-5-6-17-13(9)8-16-12-4-2-3-11(14)10(12)7-15/h2-6,16H,8H2,1H3. The average Bonchev–Trinajstić information content (AvgIpc) is 2.72. The van der Waals surface area contributed by atoms with Gasteiger partial charge in [-0.15, -0.1) is 11.3 Å². The van der Waals surface area contributed by atoms with E-state index < -0.39 is 0 Å². The van der Waals surface area contributed by atoms with Crippen molar-refractivity contribution in [3.8, 4) is 6.07 Å². The van der Waals surface area contributed by atoms with Crippen LogP contribution in [0.1, 0.15) is 16.0 Å². The first-order valence-corrected chi connectivity index (χ1v) is 6.85. The Hall–Kier alpha value is -1.31. The molecule has 86 valence electrons. The molecule has 1 aromatic heterocycles. The van der Waals surface area contributed by atoms with Crippen molar-refractivity contribution in [1.82, 2.24) is 0 Å². The minimum absolute atomic E-state index is 0.654. The van der Waals surface area contributed by atoms with Gasteiger partial charge in [0.15, 0.2) is 0 Å². The summed E-state index contributed by atoms with van der Waals surface area (Å²) in [5.74, 6) is 0. The third kappa shape index (κ3) is 2.68. The van der Waals surface area contributed by atoms with E-state index >= 15 is 0 Å². The highest BCUT2D eigenvalue weighted by Gasteiger charge is 2.06. The smallest absolute Gasteiger partial charge is 0.103 e. The molecule has 0 atom stereocenters. The number of halogens is 1. The molecule has 0 fully saturated rings. The third-order valence-electron chi connectivity index (χ3n) is 2.53. The molecule has 0 radical (unpaired) electrons. The van der Waals surface area contributed by atoms with E-state index in [1.54, 1.807) is 11.3 Å². The number of thiophene rings is 1. The Morgan fingerprint density at radius 1 is 1.41 bits per heavy atom. The first-order valence-electron chi connectivity index (χ1n) is 5.18. The van der Waals surface area contributed by atoms with Gasteiger partial charge >= 0.3 is 0 Å². The summed E-state index contributed by atoms with van der Waals surface area (Å²) in [6.07, 6.45) is 0. The molecule has 0 aliphatic carbocycles. The number of hydrogen-bond donors (Lipinski definition) is 1. The van der Waals surface area contributed by atoms with Crippen LogP contribution in [-0.4, -0.2) is 0 Å². The summed E-state index contributed by atoms with van der Waals surface area (Å²) in [5, 5.41) is 14.5. The van der Waals surface area contributed by atoms with Crippen molar-refractivity contribution in [2.24, 2.45) is 0 Å². The van der Waals surface area contributed by atoms with Crippen LogP contribution in [0.2, 0.25) is 0 Å². The van der Waals surface area contributed by atoms with E-state index in [-0.39, 0.29) is 0 Å². The zero-order valence-corrected chi connectivity index (χ0v) is 11.7. The van der Waals surface area contributed by atoms with Gasteiger partial charge in [-0.2, -0.15) is 5.26 Å². The predicted molar refractivity (Wildman–Crippen MR) is 75.2 cm³/mol. The fraction of sp³-hybridized carbons (Fsp3) is 0.154. The average molecular weight is 307 g/mol. The monoisotopic (exact) mass is 306 g/mol. The number of aryl methyl sites for hydroxylation is 1. The van der Waals surface area contributed by atoms with Crippen molar-refractivity contribution in [3.63, 3.8) is 0 Å². The van der Waals surface area contributed by atoms with Crippen LogP contribution in [0, 0.1) is 18.3 Å². The molecule has 1 aromatic carbocycles. The maximum absolute atomic E-state index is 9.09. The number of rotatable bonds is 3. The molecular weight excluding hydrogens is 296 g/mol. The Labute approximate surface area is 113 Å². The second-order valence-corrected chi connectivity index (χ2v) is 5.51. The summed E-state index contributed by atoms with van der Waals surface area (Å²) >= 11 is 5.11. The Morgan fingerprint density at radius 3 is 2.88 bits per heavy atom. The van der Waals surface area contributed by atoms with Gasteiger partial charge in [0, 0.05) is 15.9 Å². The van der Waals surface area contributed by atoms with E-state index in [0.29, 0.717) is 5.56 Å². The molecule has 0 bridgehead atoms. The van der Waals surface area contributed by atoms with E-state index in [1.807, 2.05) is 18.2 Å². The summed E-state index contributed by atoms with van der Waals surface area (Å²) in [4.78, 5) is 1.30. The zero-order chi connectivity index (χ0) is 12.3. The van der Waals surface area contributed by atoms with Gasteiger partial charge < -0.3 is 5.32 Å². The van der Waals surface area contributed by atoms with Gasteiger partial charge in [-0.3, -0.25) is 0 Å². The van der Waals surface area contributed by atoms with Crippen molar-refractivity contribution in [3.05, 3.63) is 50.1 Å². The minimum atomic E-state index is 0.654. The lowest BCUT2D eigenvalue weighted by molar-refractivity contribution is 1.16. The van der Waals surface area contributed by atoms with Crippen LogP contribution in [0.3, 0.4) is 0 Å². The molecule has 0 aliphatic heterocycles. The maximum Gasteiger partial charge on any atom is 0.103 e. The highest BCUT2D eigenvalue weighted by molar-refractivity contribution is 9.10. The van der Waals surface area contributed by atoms with Gasteiger partial charge in [0.25, 0.3) is 0 Å². The van der Waals surface area contributed by atoms with Crippen LogP contribution in [-0.2, 0) is 6.54 Å². The van der Waals surface area contributed by atoms with Crippen LogP contribution < -0.4 is 5.32 Å². The summed E-state index contributed by atoms with van der Waals surface area (Å²) in [5.41, 5.74) is 2.81.